The third kappa shape index (κ3) is 2.88. The average molecular weight is 330 g/mol. The second-order valence-corrected chi connectivity index (χ2v) is 7.07. The summed E-state index contributed by atoms with van der Waals surface area (Å²) in [6.07, 6.45) is 4.86. The number of benzene rings is 1. The molecule has 1 aliphatic heterocycles. The van der Waals surface area contributed by atoms with E-state index in [0.29, 0.717) is 0 Å². The topological polar surface area (TPSA) is 46.9 Å². The first-order valence-electron chi connectivity index (χ1n) is 8.19. The molecule has 1 N–H and O–H groups in total. The fourth-order valence-corrected chi connectivity index (χ4v) is 3.89. The number of halogens is 1. The van der Waals surface area contributed by atoms with Crippen molar-refractivity contribution >= 4 is 17.5 Å². The van der Waals surface area contributed by atoms with Gasteiger partial charge >= 0.3 is 0 Å². The molecule has 1 saturated carbocycles. The van der Waals surface area contributed by atoms with Gasteiger partial charge in [-0.05, 0) is 37.3 Å². The van der Waals surface area contributed by atoms with Crippen molar-refractivity contribution in [3.05, 3.63) is 52.6 Å². The number of imidazole rings is 1. The molecule has 5 heteroatoms. The molecule has 0 saturated heterocycles. The second kappa shape index (κ2) is 5.68. The summed E-state index contributed by atoms with van der Waals surface area (Å²) in [5, 5.41) is 3.99. The predicted molar refractivity (Wildman–Crippen MR) is 89.5 cm³/mol. The fourth-order valence-electron chi connectivity index (χ4n) is 3.62. The summed E-state index contributed by atoms with van der Waals surface area (Å²) in [4.78, 5) is 17.0. The summed E-state index contributed by atoms with van der Waals surface area (Å²) in [5.41, 5.74) is 2.15. The number of carbonyl (C=O) groups is 1. The van der Waals surface area contributed by atoms with Crippen LogP contribution in [0.25, 0.3) is 0 Å². The zero-order valence-corrected chi connectivity index (χ0v) is 13.9. The zero-order chi connectivity index (χ0) is 16.0. The van der Waals surface area contributed by atoms with Crippen LogP contribution in [0.15, 0.2) is 30.5 Å². The molecule has 0 unspecified atom stereocenters. The lowest BCUT2D eigenvalue weighted by Crippen LogP contribution is -2.41. The van der Waals surface area contributed by atoms with Crippen LogP contribution in [0.5, 0.6) is 0 Å². The van der Waals surface area contributed by atoms with Crippen molar-refractivity contribution in [1.29, 1.82) is 0 Å². The molecule has 2 heterocycles. The minimum atomic E-state index is 0.0702. The zero-order valence-electron chi connectivity index (χ0n) is 13.1. The van der Waals surface area contributed by atoms with E-state index in [1.54, 1.807) is 0 Å². The van der Waals surface area contributed by atoms with Crippen LogP contribution in [0.3, 0.4) is 0 Å². The molecular formula is C18H20ClN3O. The Labute approximate surface area is 140 Å². The van der Waals surface area contributed by atoms with Crippen LogP contribution in [-0.2, 0) is 17.8 Å². The highest BCUT2D eigenvalue weighted by Gasteiger charge is 2.45. The van der Waals surface area contributed by atoms with E-state index in [1.165, 1.54) is 0 Å². The first-order valence-corrected chi connectivity index (χ1v) is 8.57. The van der Waals surface area contributed by atoms with Crippen molar-refractivity contribution in [3.8, 4) is 0 Å². The number of fused-ring (bicyclic) bond motifs is 1. The first kappa shape index (κ1) is 14.8. The lowest BCUT2D eigenvalue weighted by molar-refractivity contribution is -0.123. The number of amides is 1. The van der Waals surface area contributed by atoms with Crippen molar-refractivity contribution in [1.82, 2.24) is 14.9 Å². The number of hydrogen-bond acceptors (Lipinski definition) is 2. The monoisotopic (exact) mass is 329 g/mol. The van der Waals surface area contributed by atoms with Gasteiger partial charge in [-0.25, -0.2) is 4.98 Å². The third-order valence-corrected chi connectivity index (χ3v) is 5.24. The standard InChI is InChI=1S/C18H20ClN3O/c1-11-9-22-10-12(6-7-17(22)20-11)21-18(23)15-8-14(15)13-4-2-3-5-16(13)19/h2-5,9,12,14-15H,6-8,10H2,1H3,(H,21,23)/t12-,14+,15-/m0/s1. The van der Waals surface area contributed by atoms with Gasteiger partial charge in [0.15, 0.2) is 0 Å². The molecule has 0 spiro atoms. The highest BCUT2D eigenvalue weighted by molar-refractivity contribution is 6.31. The van der Waals surface area contributed by atoms with Crippen molar-refractivity contribution in [2.24, 2.45) is 5.92 Å². The Bertz CT molecular complexity index is 754. The summed E-state index contributed by atoms with van der Waals surface area (Å²) in [5.74, 6) is 1.65. The Morgan fingerprint density at radius 1 is 1.39 bits per heavy atom. The van der Waals surface area contributed by atoms with E-state index >= 15 is 0 Å². The van der Waals surface area contributed by atoms with Crippen LogP contribution in [0, 0.1) is 12.8 Å². The van der Waals surface area contributed by atoms with E-state index in [4.69, 9.17) is 11.6 Å². The Hall–Kier alpha value is -1.81. The number of nitrogens with zero attached hydrogens (tertiary/aromatic N) is 2. The first-order chi connectivity index (χ1) is 11.1. The lowest BCUT2D eigenvalue weighted by Gasteiger charge is -2.24. The van der Waals surface area contributed by atoms with Crippen LogP contribution in [0.4, 0.5) is 0 Å². The number of carbonyl (C=O) groups excluding carboxylic acids is 1. The Morgan fingerprint density at radius 3 is 3.04 bits per heavy atom. The molecule has 1 aromatic heterocycles. The molecule has 3 atom stereocenters. The number of aryl methyl sites for hydroxylation is 2. The van der Waals surface area contributed by atoms with Gasteiger partial charge in [-0.1, -0.05) is 29.8 Å². The van der Waals surface area contributed by atoms with Crippen molar-refractivity contribution in [2.45, 2.75) is 44.7 Å². The molecule has 1 fully saturated rings. The molecule has 2 aliphatic rings. The van der Waals surface area contributed by atoms with Gasteiger partial charge in [0.05, 0.1) is 5.69 Å². The Morgan fingerprint density at radius 2 is 2.22 bits per heavy atom. The van der Waals surface area contributed by atoms with Crippen molar-refractivity contribution < 1.29 is 4.79 Å². The van der Waals surface area contributed by atoms with E-state index in [1.807, 2.05) is 31.2 Å². The number of hydrogen-bond donors (Lipinski definition) is 1. The van der Waals surface area contributed by atoms with Crippen LogP contribution in [-0.4, -0.2) is 21.5 Å². The molecule has 4 rings (SSSR count). The van der Waals surface area contributed by atoms with Gasteiger partial charge in [-0.15, -0.1) is 0 Å². The molecule has 0 radical (unpaired) electrons. The highest BCUT2D eigenvalue weighted by atomic mass is 35.5. The molecule has 0 bridgehead atoms. The number of aromatic nitrogens is 2. The third-order valence-electron chi connectivity index (χ3n) is 4.89. The fraction of sp³-hybridized carbons (Fsp3) is 0.444. The van der Waals surface area contributed by atoms with Crippen molar-refractivity contribution in [3.63, 3.8) is 0 Å². The van der Waals surface area contributed by atoms with Gasteiger partial charge in [0.1, 0.15) is 5.82 Å². The van der Waals surface area contributed by atoms with Crippen LogP contribution in [0.1, 0.15) is 35.8 Å². The molecular weight excluding hydrogens is 310 g/mol. The molecule has 120 valence electrons. The summed E-state index contributed by atoms with van der Waals surface area (Å²) in [7, 11) is 0. The molecule has 2 aromatic rings. The van der Waals surface area contributed by atoms with E-state index in [9.17, 15) is 4.79 Å². The van der Waals surface area contributed by atoms with E-state index < -0.39 is 0 Å². The maximum absolute atomic E-state index is 12.5. The van der Waals surface area contributed by atoms with Crippen LogP contribution < -0.4 is 5.32 Å². The van der Waals surface area contributed by atoms with Crippen LogP contribution in [0.2, 0.25) is 5.02 Å². The van der Waals surface area contributed by atoms with E-state index in [0.717, 1.165) is 47.9 Å². The largest absolute Gasteiger partial charge is 0.351 e. The quantitative estimate of drug-likeness (QED) is 0.940. The average Bonchev–Trinajstić information content (AvgIpc) is 3.23. The normalized spacial score (nSPS) is 25.7. The minimum Gasteiger partial charge on any atom is -0.351 e. The smallest absolute Gasteiger partial charge is 0.224 e. The molecule has 4 nitrogen and oxygen atoms in total. The van der Waals surface area contributed by atoms with Gasteiger partial charge in [0, 0.05) is 36.1 Å². The molecule has 1 aliphatic carbocycles. The van der Waals surface area contributed by atoms with Gasteiger partial charge in [0.25, 0.3) is 0 Å². The highest BCUT2D eigenvalue weighted by Crippen LogP contribution is 2.49. The SMILES string of the molecule is Cc1cn2c(n1)CC[C@H](NC(=O)[C@H]1C[C@@H]1c1ccccc1Cl)C2. The number of nitrogens with one attached hydrogen (secondary N) is 1. The number of rotatable bonds is 3. The van der Waals surface area contributed by atoms with E-state index in [-0.39, 0.29) is 23.8 Å². The van der Waals surface area contributed by atoms with Gasteiger partial charge in [0.2, 0.25) is 5.91 Å². The summed E-state index contributed by atoms with van der Waals surface area (Å²) in [6.45, 7) is 2.84. The Kier molecular flexibility index (Phi) is 3.64. The van der Waals surface area contributed by atoms with Crippen molar-refractivity contribution in [2.75, 3.05) is 0 Å². The summed E-state index contributed by atoms with van der Waals surface area (Å²) >= 11 is 6.24. The molecule has 1 aromatic carbocycles. The van der Waals surface area contributed by atoms with E-state index in [2.05, 4.69) is 21.1 Å². The second-order valence-electron chi connectivity index (χ2n) is 6.67. The summed E-state index contributed by atoms with van der Waals surface area (Å²) in [6, 6.07) is 8.04. The van der Waals surface area contributed by atoms with Gasteiger partial charge in [-0.2, -0.15) is 0 Å². The maximum atomic E-state index is 12.5. The minimum absolute atomic E-state index is 0.0702. The van der Waals surface area contributed by atoms with Gasteiger partial charge < -0.3 is 9.88 Å². The van der Waals surface area contributed by atoms with Gasteiger partial charge in [-0.3, -0.25) is 4.79 Å². The lowest BCUT2D eigenvalue weighted by atomic mass is 10.1. The molecule has 1 amide bonds. The maximum Gasteiger partial charge on any atom is 0.224 e. The predicted octanol–water partition coefficient (Wildman–Crippen LogP) is 3.08. The molecule has 23 heavy (non-hydrogen) atoms. The Balaban J connectivity index is 1.38. The van der Waals surface area contributed by atoms with Crippen LogP contribution >= 0.6 is 11.6 Å². The summed E-state index contributed by atoms with van der Waals surface area (Å²) < 4.78 is 2.17.